The van der Waals surface area contributed by atoms with Crippen molar-refractivity contribution in [3.63, 3.8) is 0 Å². The van der Waals surface area contributed by atoms with E-state index in [1.54, 1.807) is 19.2 Å². The zero-order valence-corrected chi connectivity index (χ0v) is 19.0. The van der Waals surface area contributed by atoms with Crippen LogP contribution in [-0.4, -0.2) is 60.4 Å². The van der Waals surface area contributed by atoms with Crippen molar-refractivity contribution in [1.29, 1.82) is 0 Å². The molecular formula is C25H30N4O4. The molecular weight excluding hydrogens is 420 g/mol. The predicted octanol–water partition coefficient (Wildman–Crippen LogP) is 2.72. The molecule has 2 aromatic carbocycles. The highest BCUT2D eigenvalue weighted by atomic mass is 16.5. The van der Waals surface area contributed by atoms with E-state index in [0.29, 0.717) is 11.5 Å². The molecule has 0 aliphatic carbocycles. The van der Waals surface area contributed by atoms with Gasteiger partial charge in [-0.25, -0.2) is 9.97 Å². The molecule has 1 unspecified atom stereocenters. The molecule has 2 N–H and O–H groups in total. The molecule has 0 saturated carbocycles. The molecule has 33 heavy (non-hydrogen) atoms. The van der Waals surface area contributed by atoms with Gasteiger partial charge in [0.25, 0.3) is 0 Å². The van der Waals surface area contributed by atoms with E-state index < -0.39 is 6.10 Å². The van der Waals surface area contributed by atoms with Gasteiger partial charge in [-0.15, -0.1) is 0 Å². The first-order valence-corrected chi connectivity index (χ1v) is 11.2. The number of aliphatic hydroxyl groups excluding tert-OH is 1. The first-order chi connectivity index (χ1) is 16.0. The van der Waals surface area contributed by atoms with Gasteiger partial charge in [0.2, 0.25) is 11.9 Å². The fourth-order valence-corrected chi connectivity index (χ4v) is 4.01. The average molecular weight is 451 g/mol. The lowest BCUT2D eigenvalue weighted by molar-refractivity contribution is -0.126. The van der Waals surface area contributed by atoms with Gasteiger partial charge in [0.1, 0.15) is 24.2 Å². The van der Waals surface area contributed by atoms with Crippen molar-refractivity contribution < 1.29 is 19.4 Å². The molecule has 8 nitrogen and oxygen atoms in total. The largest absolute Gasteiger partial charge is 0.497 e. The molecule has 0 spiro atoms. The Morgan fingerprint density at radius 1 is 1.15 bits per heavy atom. The Kier molecular flexibility index (Phi) is 7.24. The minimum absolute atomic E-state index is 0.0364. The van der Waals surface area contributed by atoms with Gasteiger partial charge >= 0.3 is 0 Å². The van der Waals surface area contributed by atoms with Crippen LogP contribution >= 0.6 is 0 Å². The molecule has 1 atom stereocenters. The van der Waals surface area contributed by atoms with Gasteiger partial charge in [-0.2, -0.15) is 0 Å². The van der Waals surface area contributed by atoms with Gasteiger partial charge < -0.3 is 24.8 Å². The number of aromatic nitrogens is 2. The number of rotatable bonds is 8. The minimum Gasteiger partial charge on any atom is -0.497 e. The maximum atomic E-state index is 12.6. The van der Waals surface area contributed by atoms with Crippen molar-refractivity contribution >= 4 is 22.8 Å². The highest BCUT2D eigenvalue weighted by Gasteiger charge is 2.26. The number of fused-ring (bicyclic) bond motifs is 1. The van der Waals surface area contributed by atoms with E-state index in [1.165, 1.54) is 0 Å². The van der Waals surface area contributed by atoms with Crippen molar-refractivity contribution in [2.45, 2.75) is 25.9 Å². The van der Waals surface area contributed by atoms with Crippen LogP contribution in [0, 0.1) is 12.8 Å². The Labute approximate surface area is 193 Å². The van der Waals surface area contributed by atoms with Gasteiger partial charge in [0, 0.05) is 37.0 Å². The van der Waals surface area contributed by atoms with Crippen LogP contribution in [0.4, 0.5) is 5.95 Å². The summed E-state index contributed by atoms with van der Waals surface area (Å²) in [5.74, 6) is 1.89. The van der Waals surface area contributed by atoms with Crippen LogP contribution in [0.25, 0.3) is 10.9 Å². The molecule has 1 fully saturated rings. The molecule has 1 amide bonds. The van der Waals surface area contributed by atoms with Crippen LogP contribution in [0.1, 0.15) is 18.5 Å². The summed E-state index contributed by atoms with van der Waals surface area (Å²) in [6, 6.07) is 15.2. The maximum Gasteiger partial charge on any atom is 0.226 e. The lowest BCUT2D eigenvalue weighted by Crippen LogP contribution is -2.43. The number of methoxy groups -OCH3 is 1. The fraction of sp³-hybridized carbons (Fsp3) is 0.400. The molecule has 1 aromatic heterocycles. The number of hydrogen-bond donors (Lipinski definition) is 2. The number of aliphatic hydroxyl groups is 1. The highest BCUT2D eigenvalue weighted by Crippen LogP contribution is 2.24. The Morgan fingerprint density at radius 2 is 1.91 bits per heavy atom. The molecule has 0 bridgehead atoms. The predicted molar refractivity (Wildman–Crippen MR) is 127 cm³/mol. The maximum absolute atomic E-state index is 12.6. The molecule has 4 rings (SSSR count). The van der Waals surface area contributed by atoms with Crippen LogP contribution in [0.15, 0.2) is 48.5 Å². The summed E-state index contributed by atoms with van der Waals surface area (Å²) in [7, 11) is 1.59. The monoisotopic (exact) mass is 450 g/mol. The summed E-state index contributed by atoms with van der Waals surface area (Å²) in [6.45, 7) is 3.67. The quantitative estimate of drug-likeness (QED) is 0.545. The number of aryl methyl sites for hydroxylation is 1. The second-order valence-corrected chi connectivity index (χ2v) is 8.28. The van der Waals surface area contributed by atoms with Crippen LogP contribution in [0.3, 0.4) is 0 Å². The second kappa shape index (κ2) is 10.5. The number of nitrogens with zero attached hydrogens (tertiary/aromatic N) is 3. The standard InChI is InChI=1S/C25H30N4O4/c1-17-22-8-3-4-9-23(22)28-25(27-17)29-12-10-18(11-13-29)24(31)26-15-19(30)16-33-21-7-5-6-20(14-21)32-2/h3-9,14,18-19,30H,10-13,15-16H2,1-2H3,(H,26,31). The summed E-state index contributed by atoms with van der Waals surface area (Å²) in [4.78, 5) is 24.1. The van der Waals surface area contributed by atoms with E-state index >= 15 is 0 Å². The number of amides is 1. The number of ether oxygens (including phenoxy) is 2. The van der Waals surface area contributed by atoms with E-state index in [2.05, 4.69) is 15.2 Å². The van der Waals surface area contributed by atoms with Crippen LogP contribution in [0.2, 0.25) is 0 Å². The highest BCUT2D eigenvalue weighted by molar-refractivity contribution is 5.82. The molecule has 3 aromatic rings. The third kappa shape index (κ3) is 5.70. The third-order valence-corrected chi connectivity index (χ3v) is 5.93. The minimum atomic E-state index is -0.797. The zero-order valence-electron chi connectivity index (χ0n) is 19.0. The number of para-hydroxylation sites is 1. The molecule has 2 heterocycles. The van der Waals surface area contributed by atoms with Gasteiger partial charge in [0.05, 0.1) is 18.3 Å². The molecule has 0 radical (unpaired) electrons. The number of benzene rings is 2. The number of carbonyl (C=O) groups excluding carboxylic acids is 1. The van der Waals surface area contributed by atoms with Crippen molar-refractivity contribution in [2.75, 3.05) is 38.3 Å². The van der Waals surface area contributed by atoms with Gasteiger partial charge in [-0.3, -0.25) is 4.79 Å². The summed E-state index contributed by atoms with van der Waals surface area (Å²) in [5.41, 5.74) is 1.89. The number of carbonyl (C=O) groups is 1. The summed E-state index contributed by atoms with van der Waals surface area (Å²) < 4.78 is 10.7. The smallest absolute Gasteiger partial charge is 0.226 e. The normalized spacial score (nSPS) is 15.3. The molecule has 1 aliphatic rings. The number of hydrogen-bond acceptors (Lipinski definition) is 7. The van der Waals surface area contributed by atoms with E-state index in [9.17, 15) is 9.90 Å². The van der Waals surface area contributed by atoms with Crippen LogP contribution in [0.5, 0.6) is 11.5 Å². The van der Waals surface area contributed by atoms with Crippen LogP contribution < -0.4 is 19.7 Å². The molecule has 174 valence electrons. The summed E-state index contributed by atoms with van der Waals surface area (Å²) in [6.07, 6.45) is 0.642. The van der Waals surface area contributed by atoms with Crippen molar-refractivity contribution in [3.8, 4) is 11.5 Å². The van der Waals surface area contributed by atoms with Gasteiger partial charge in [-0.1, -0.05) is 24.3 Å². The molecule has 8 heteroatoms. The Hall–Kier alpha value is -3.39. The average Bonchev–Trinajstić information content (AvgIpc) is 2.86. The Balaban J connectivity index is 1.23. The number of anilines is 1. The third-order valence-electron chi connectivity index (χ3n) is 5.93. The summed E-state index contributed by atoms with van der Waals surface area (Å²) in [5, 5.41) is 14.1. The first kappa shape index (κ1) is 22.8. The Morgan fingerprint density at radius 3 is 2.70 bits per heavy atom. The zero-order chi connectivity index (χ0) is 23.2. The number of piperidine rings is 1. The lowest BCUT2D eigenvalue weighted by Gasteiger charge is -2.31. The van der Waals surface area contributed by atoms with Gasteiger partial charge in [0.15, 0.2) is 0 Å². The SMILES string of the molecule is COc1cccc(OCC(O)CNC(=O)C2CCN(c3nc(C)c4ccccc4n3)CC2)c1. The van der Waals surface area contributed by atoms with E-state index in [4.69, 9.17) is 14.5 Å². The Bertz CT molecular complexity index is 1100. The lowest BCUT2D eigenvalue weighted by atomic mass is 9.96. The second-order valence-electron chi connectivity index (χ2n) is 8.28. The molecule has 1 aliphatic heterocycles. The topological polar surface area (TPSA) is 96.8 Å². The molecule has 1 saturated heterocycles. The first-order valence-electron chi connectivity index (χ1n) is 11.2. The summed E-state index contributed by atoms with van der Waals surface area (Å²) >= 11 is 0. The number of nitrogens with one attached hydrogen (secondary N) is 1. The van der Waals surface area contributed by atoms with Crippen molar-refractivity contribution in [3.05, 3.63) is 54.2 Å². The van der Waals surface area contributed by atoms with E-state index in [1.807, 2.05) is 43.3 Å². The van der Waals surface area contributed by atoms with Crippen LogP contribution in [-0.2, 0) is 4.79 Å². The van der Waals surface area contributed by atoms with Crippen molar-refractivity contribution in [2.24, 2.45) is 5.92 Å². The van der Waals surface area contributed by atoms with Gasteiger partial charge in [-0.05, 0) is 38.0 Å². The fourth-order valence-electron chi connectivity index (χ4n) is 4.01. The van der Waals surface area contributed by atoms with E-state index in [-0.39, 0.29) is 25.0 Å². The van der Waals surface area contributed by atoms with E-state index in [0.717, 1.165) is 48.5 Å². The van der Waals surface area contributed by atoms with Crippen molar-refractivity contribution in [1.82, 2.24) is 15.3 Å².